The van der Waals surface area contributed by atoms with Crippen molar-refractivity contribution in [1.82, 2.24) is 13.9 Å². The Labute approximate surface area is 110 Å². The quantitative estimate of drug-likeness (QED) is 0.831. The zero-order valence-electron chi connectivity index (χ0n) is 9.93. The molecule has 2 rings (SSSR count). The number of sulfonamides is 1. The molecule has 0 aliphatic carbocycles. The largest absolute Gasteiger partial charge is 0.327 e. The van der Waals surface area contributed by atoms with E-state index in [0.717, 1.165) is 12.8 Å². The van der Waals surface area contributed by atoms with E-state index in [-0.39, 0.29) is 5.03 Å². The summed E-state index contributed by atoms with van der Waals surface area (Å²) in [7, 11) is -1.69. The second-order valence-electron chi connectivity index (χ2n) is 4.56. The molecular formula is C10H16BrN3O2S. The van der Waals surface area contributed by atoms with Crippen LogP contribution in [-0.2, 0) is 17.1 Å². The average molecular weight is 322 g/mol. The Morgan fingerprint density at radius 2 is 2.24 bits per heavy atom. The van der Waals surface area contributed by atoms with Gasteiger partial charge in [-0.15, -0.1) is 0 Å². The number of nitrogens with zero attached hydrogens (tertiary/aromatic N) is 3. The van der Waals surface area contributed by atoms with Crippen molar-refractivity contribution in [2.45, 2.75) is 24.8 Å². The van der Waals surface area contributed by atoms with Crippen LogP contribution in [0.4, 0.5) is 0 Å². The van der Waals surface area contributed by atoms with E-state index in [9.17, 15) is 8.42 Å². The van der Waals surface area contributed by atoms with Crippen LogP contribution in [0.5, 0.6) is 0 Å². The summed E-state index contributed by atoms with van der Waals surface area (Å²) in [5.41, 5.74) is 0. The van der Waals surface area contributed by atoms with Gasteiger partial charge in [0.2, 0.25) is 5.03 Å². The Balaban J connectivity index is 2.33. The third-order valence-corrected chi connectivity index (χ3v) is 6.03. The molecule has 2 heterocycles. The fraction of sp³-hybridized carbons (Fsp3) is 0.700. The molecule has 0 aromatic carbocycles. The van der Waals surface area contributed by atoms with Gasteiger partial charge in [-0.1, -0.05) is 6.92 Å². The minimum atomic E-state index is -3.45. The number of piperidine rings is 1. The molecule has 96 valence electrons. The molecule has 0 amide bonds. The van der Waals surface area contributed by atoms with Gasteiger partial charge < -0.3 is 4.57 Å². The van der Waals surface area contributed by atoms with E-state index in [0.29, 0.717) is 23.6 Å². The SMILES string of the molecule is CC1CCCN(S(=O)(=O)c2ncn(C)c2Br)C1. The summed E-state index contributed by atoms with van der Waals surface area (Å²) in [6.07, 6.45) is 3.52. The van der Waals surface area contributed by atoms with Crippen molar-refractivity contribution >= 4 is 26.0 Å². The highest BCUT2D eigenvalue weighted by Crippen LogP contribution is 2.26. The maximum Gasteiger partial charge on any atom is 0.263 e. The number of imidazole rings is 1. The van der Waals surface area contributed by atoms with Crippen molar-refractivity contribution in [3.8, 4) is 0 Å². The lowest BCUT2D eigenvalue weighted by molar-refractivity contribution is 0.280. The lowest BCUT2D eigenvalue weighted by Crippen LogP contribution is -2.39. The minimum absolute atomic E-state index is 0.120. The zero-order valence-corrected chi connectivity index (χ0v) is 12.3. The van der Waals surface area contributed by atoms with Gasteiger partial charge in [0.15, 0.2) is 0 Å². The van der Waals surface area contributed by atoms with Crippen molar-refractivity contribution in [2.24, 2.45) is 13.0 Å². The number of aryl methyl sites for hydroxylation is 1. The van der Waals surface area contributed by atoms with E-state index < -0.39 is 10.0 Å². The van der Waals surface area contributed by atoms with Gasteiger partial charge in [0.1, 0.15) is 4.60 Å². The summed E-state index contributed by atoms with van der Waals surface area (Å²) in [4.78, 5) is 3.97. The van der Waals surface area contributed by atoms with E-state index >= 15 is 0 Å². The third kappa shape index (κ3) is 2.41. The fourth-order valence-electron chi connectivity index (χ4n) is 2.05. The first-order valence-electron chi connectivity index (χ1n) is 5.60. The molecule has 17 heavy (non-hydrogen) atoms. The first-order chi connectivity index (χ1) is 7.93. The van der Waals surface area contributed by atoms with Gasteiger partial charge in [0.25, 0.3) is 10.0 Å². The van der Waals surface area contributed by atoms with Crippen molar-refractivity contribution in [3.05, 3.63) is 10.9 Å². The highest BCUT2D eigenvalue weighted by Gasteiger charge is 2.32. The molecule has 7 heteroatoms. The number of rotatable bonds is 2. The van der Waals surface area contributed by atoms with Crippen LogP contribution in [0.1, 0.15) is 19.8 Å². The predicted octanol–water partition coefficient (Wildman–Crippen LogP) is 1.60. The maximum absolute atomic E-state index is 12.4. The zero-order chi connectivity index (χ0) is 12.6. The molecule has 0 saturated carbocycles. The van der Waals surface area contributed by atoms with Gasteiger partial charge in [0, 0.05) is 20.1 Å². The summed E-state index contributed by atoms with van der Waals surface area (Å²) >= 11 is 3.26. The first-order valence-corrected chi connectivity index (χ1v) is 7.83. The normalized spacial score (nSPS) is 22.9. The molecule has 5 nitrogen and oxygen atoms in total. The topological polar surface area (TPSA) is 55.2 Å². The Morgan fingerprint density at radius 1 is 1.53 bits per heavy atom. The Bertz CT molecular complexity index is 512. The molecule has 0 spiro atoms. The van der Waals surface area contributed by atoms with Crippen LogP contribution in [0, 0.1) is 5.92 Å². The van der Waals surface area contributed by atoms with E-state index in [1.165, 1.54) is 10.6 Å². The molecule has 0 N–H and O–H groups in total. The Kier molecular flexibility index (Phi) is 3.61. The van der Waals surface area contributed by atoms with Crippen molar-refractivity contribution < 1.29 is 8.42 Å². The van der Waals surface area contributed by atoms with Crippen LogP contribution in [0.15, 0.2) is 16.0 Å². The molecule has 1 atom stereocenters. The number of hydrogen-bond donors (Lipinski definition) is 0. The third-order valence-electron chi connectivity index (χ3n) is 3.04. The molecule has 1 saturated heterocycles. The summed E-state index contributed by atoms with van der Waals surface area (Å²) in [5, 5.41) is 0.120. The first kappa shape index (κ1) is 13.0. The average Bonchev–Trinajstić information content (AvgIpc) is 2.60. The molecule has 1 fully saturated rings. The van der Waals surface area contributed by atoms with Gasteiger partial charge in [-0.05, 0) is 34.7 Å². The fourth-order valence-corrected chi connectivity index (χ4v) is 4.46. The minimum Gasteiger partial charge on any atom is -0.327 e. The van der Waals surface area contributed by atoms with Crippen LogP contribution in [0.3, 0.4) is 0 Å². The summed E-state index contributed by atoms with van der Waals surface area (Å²) in [6, 6.07) is 0. The number of aromatic nitrogens is 2. The van der Waals surface area contributed by atoms with Gasteiger partial charge in [0.05, 0.1) is 6.33 Å². The van der Waals surface area contributed by atoms with E-state index in [2.05, 4.69) is 27.8 Å². The summed E-state index contributed by atoms with van der Waals surface area (Å²) in [6.45, 7) is 3.26. The Hall–Kier alpha value is -0.400. The highest BCUT2D eigenvalue weighted by atomic mass is 79.9. The van der Waals surface area contributed by atoms with Crippen LogP contribution in [-0.4, -0.2) is 35.4 Å². The molecule has 1 aromatic heterocycles. The lowest BCUT2D eigenvalue weighted by Gasteiger charge is -2.29. The van der Waals surface area contributed by atoms with Crippen molar-refractivity contribution in [2.75, 3.05) is 13.1 Å². The molecule has 1 aliphatic rings. The van der Waals surface area contributed by atoms with E-state index in [1.807, 2.05) is 0 Å². The monoisotopic (exact) mass is 321 g/mol. The number of halogens is 1. The predicted molar refractivity (Wildman–Crippen MR) is 68.1 cm³/mol. The molecular weight excluding hydrogens is 306 g/mol. The standard InChI is InChI=1S/C10H16BrN3O2S/c1-8-4-3-5-14(6-8)17(15,16)10-9(11)13(2)7-12-10/h7-8H,3-6H2,1-2H3. The molecule has 1 aromatic rings. The summed E-state index contributed by atoms with van der Waals surface area (Å²) in [5.74, 6) is 0.418. The van der Waals surface area contributed by atoms with Crippen LogP contribution in [0.25, 0.3) is 0 Å². The van der Waals surface area contributed by atoms with Gasteiger partial charge >= 0.3 is 0 Å². The van der Waals surface area contributed by atoms with Crippen LogP contribution in [0.2, 0.25) is 0 Å². The lowest BCUT2D eigenvalue weighted by atomic mass is 10.0. The second-order valence-corrected chi connectivity index (χ2v) is 7.17. The molecule has 0 radical (unpaired) electrons. The summed E-state index contributed by atoms with van der Waals surface area (Å²) < 4.78 is 28.5. The van der Waals surface area contributed by atoms with Crippen LogP contribution >= 0.6 is 15.9 Å². The second kappa shape index (κ2) is 4.70. The molecule has 0 bridgehead atoms. The van der Waals surface area contributed by atoms with Gasteiger partial charge in [-0.2, -0.15) is 4.31 Å². The van der Waals surface area contributed by atoms with E-state index in [4.69, 9.17) is 0 Å². The Morgan fingerprint density at radius 3 is 2.76 bits per heavy atom. The molecule has 1 aliphatic heterocycles. The van der Waals surface area contributed by atoms with Crippen LogP contribution < -0.4 is 0 Å². The van der Waals surface area contributed by atoms with Crippen molar-refractivity contribution in [1.29, 1.82) is 0 Å². The maximum atomic E-state index is 12.4. The van der Waals surface area contributed by atoms with E-state index in [1.54, 1.807) is 11.6 Å². The molecule has 1 unspecified atom stereocenters. The van der Waals surface area contributed by atoms with Crippen molar-refractivity contribution in [3.63, 3.8) is 0 Å². The smallest absolute Gasteiger partial charge is 0.263 e. The number of hydrogen-bond acceptors (Lipinski definition) is 3. The van der Waals surface area contributed by atoms with Gasteiger partial charge in [-0.3, -0.25) is 0 Å². The highest BCUT2D eigenvalue weighted by molar-refractivity contribution is 9.10. The van der Waals surface area contributed by atoms with Gasteiger partial charge in [-0.25, -0.2) is 13.4 Å².